The fourth-order valence-corrected chi connectivity index (χ4v) is 3.78. The number of benzene rings is 2. The summed E-state index contributed by atoms with van der Waals surface area (Å²) in [6.45, 7) is 2.89. The summed E-state index contributed by atoms with van der Waals surface area (Å²) in [5.74, 6) is -0.823. The fraction of sp³-hybridized carbons (Fsp3) is 0.222. The second-order valence-corrected chi connectivity index (χ2v) is 7.61. The summed E-state index contributed by atoms with van der Waals surface area (Å²) in [4.78, 5) is 34.4. The number of hydrazine groups is 1. The maximum atomic E-state index is 12.1. The van der Waals surface area contributed by atoms with Gasteiger partial charge in [0.2, 0.25) is 0 Å². The highest BCUT2D eigenvalue weighted by atomic mass is 79.9. The molecule has 0 heterocycles. The first kappa shape index (κ1) is 22.6. The van der Waals surface area contributed by atoms with E-state index >= 15 is 0 Å². The molecule has 0 fully saturated rings. The minimum absolute atomic E-state index is 0.0506. The third-order valence-corrected chi connectivity index (χ3v) is 4.65. The standard InChI is InChI=1S/C18H17Br2N3O6/c1-10-7-12(19)8-13(20)17(10)28-9-16(24)21-22-18(25)11(2)29-15-6-4-3-5-14(15)23(26)27/h3-8,11H,9H2,1-2H3,(H,21,24)(H,22,25). The summed E-state index contributed by atoms with van der Waals surface area (Å²) in [7, 11) is 0. The molecule has 2 aromatic rings. The molecule has 2 rings (SSSR count). The number of hydrogen-bond acceptors (Lipinski definition) is 6. The molecule has 2 aromatic carbocycles. The zero-order valence-corrected chi connectivity index (χ0v) is 18.6. The Morgan fingerprint density at radius 2 is 1.90 bits per heavy atom. The van der Waals surface area contributed by atoms with Crippen LogP contribution in [-0.2, 0) is 9.59 Å². The van der Waals surface area contributed by atoms with E-state index in [4.69, 9.17) is 9.47 Å². The predicted octanol–water partition coefficient (Wildman–Crippen LogP) is 3.42. The maximum Gasteiger partial charge on any atom is 0.310 e. The third kappa shape index (κ3) is 6.43. The van der Waals surface area contributed by atoms with Gasteiger partial charge in [-0.05, 0) is 53.5 Å². The van der Waals surface area contributed by atoms with Crippen LogP contribution >= 0.6 is 31.9 Å². The lowest BCUT2D eigenvalue weighted by atomic mass is 10.2. The fourth-order valence-electron chi connectivity index (χ4n) is 2.23. The number of halogens is 2. The number of nitrogens with one attached hydrogen (secondary N) is 2. The number of para-hydroxylation sites is 2. The molecule has 0 radical (unpaired) electrons. The summed E-state index contributed by atoms with van der Waals surface area (Å²) in [5.41, 5.74) is 4.95. The van der Waals surface area contributed by atoms with Gasteiger partial charge in [0.1, 0.15) is 5.75 Å². The SMILES string of the molecule is Cc1cc(Br)cc(Br)c1OCC(=O)NNC(=O)C(C)Oc1ccccc1[N+](=O)[O-]. The second kappa shape index (κ2) is 10.2. The lowest BCUT2D eigenvalue weighted by Gasteiger charge is -2.15. The molecule has 29 heavy (non-hydrogen) atoms. The molecular weight excluding hydrogens is 514 g/mol. The Labute approximate surface area is 183 Å². The third-order valence-electron chi connectivity index (χ3n) is 3.60. The van der Waals surface area contributed by atoms with Crippen LogP contribution in [0.1, 0.15) is 12.5 Å². The minimum Gasteiger partial charge on any atom is -0.482 e. The van der Waals surface area contributed by atoms with Crippen LogP contribution < -0.4 is 20.3 Å². The zero-order valence-electron chi connectivity index (χ0n) is 15.4. The molecule has 11 heteroatoms. The van der Waals surface area contributed by atoms with Gasteiger partial charge < -0.3 is 9.47 Å². The number of carbonyl (C=O) groups is 2. The number of ether oxygens (including phenoxy) is 2. The van der Waals surface area contributed by atoms with Gasteiger partial charge in [-0.15, -0.1) is 0 Å². The molecule has 0 spiro atoms. The van der Waals surface area contributed by atoms with Crippen LogP contribution in [0.4, 0.5) is 5.69 Å². The van der Waals surface area contributed by atoms with E-state index in [-0.39, 0.29) is 18.0 Å². The number of amides is 2. The highest BCUT2D eigenvalue weighted by Crippen LogP contribution is 2.32. The Hall–Kier alpha value is -2.66. The average Bonchev–Trinajstić information content (AvgIpc) is 2.65. The van der Waals surface area contributed by atoms with Crippen LogP contribution in [0.3, 0.4) is 0 Å². The van der Waals surface area contributed by atoms with Gasteiger partial charge in [0.25, 0.3) is 11.8 Å². The van der Waals surface area contributed by atoms with E-state index in [2.05, 4.69) is 42.7 Å². The van der Waals surface area contributed by atoms with Crippen molar-refractivity contribution in [2.75, 3.05) is 6.61 Å². The molecule has 154 valence electrons. The van der Waals surface area contributed by atoms with Crippen LogP contribution in [0.15, 0.2) is 45.3 Å². The van der Waals surface area contributed by atoms with Crippen molar-refractivity contribution in [2.45, 2.75) is 20.0 Å². The summed E-state index contributed by atoms with van der Waals surface area (Å²) < 4.78 is 12.3. The zero-order chi connectivity index (χ0) is 21.6. The number of aryl methyl sites for hydroxylation is 1. The molecule has 1 atom stereocenters. The first-order chi connectivity index (χ1) is 13.7. The van der Waals surface area contributed by atoms with E-state index in [9.17, 15) is 19.7 Å². The molecule has 0 saturated carbocycles. The van der Waals surface area contributed by atoms with E-state index in [1.54, 1.807) is 12.1 Å². The van der Waals surface area contributed by atoms with Crippen molar-refractivity contribution >= 4 is 49.4 Å². The van der Waals surface area contributed by atoms with Gasteiger partial charge >= 0.3 is 5.69 Å². The van der Waals surface area contributed by atoms with Crippen molar-refractivity contribution in [3.05, 3.63) is 61.0 Å². The number of carbonyl (C=O) groups excluding carboxylic acids is 2. The normalized spacial score (nSPS) is 11.3. The number of nitro groups is 1. The van der Waals surface area contributed by atoms with Gasteiger partial charge in [0, 0.05) is 10.5 Å². The van der Waals surface area contributed by atoms with Crippen molar-refractivity contribution in [1.82, 2.24) is 10.9 Å². The van der Waals surface area contributed by atoms with Crippen LogP contribution in [0.25, 0.3) is 0 Å². The van der Waals surface area contributed by atoms with Gasteiger partial charge in [-0.25, -0.2) is 0 Å². The molecule has 2 N–H and O–H groups in total. The van der Waals surface area contributed by atoms with Gasteiger partial charge in [0.05, 0.1) is 9.40 Å². The molecule has 0 aliphatic heterocycles. The molecule has 0 saturated heterocycles. The monoisotopic (exact) mass is 529 g/mol. The van der Waals surface area contributed by atoms with E-state index < -0.39 is 22.8 Å². The van der Waals surface area contributed by atoms with Crippen molar-refractivity contribution < 1.29 is 24.0 Å². The highest BCUT2D eigenvalue weighted by molar-refractivity contribution is 9.11. The van der Waals surface area contributed by atoms with Crippen LogP contribution in [-0.4, -0.2) is 29.4 Å². The summed E-state index contributed by atoms with van der Waals surface area (Å²) >= 11 is 6.71. The van der Waals surface area contributed by atoms with Crippen molar-refractivity contribution in [1.29, 1.82) is 0 Å². The van der Waals surface area contributed by atoms with E-state index in [0.29, 0.717) is 10.2 Å². The first-order valence-electron chi connectivity index (χ1n) is 8.26. The van der Waals surface area contributed by atoms with Gasteiger partial charge in [-0.1, -0.05) is 28.1 Å². The van der Waals surface area contributed by atoms with Crippen LogP contribution in [0.2, 0.25) is 0 Å². The maximum absolute atomic E-state index is 12.1. The van der Waals surface area contributed by atoms with Gasteiger partial charge in [0.15, 0.2) is 18.5 Å². The van der Waals surface area contributed by atoms with Crippen LogP contribution in [0.5, 0.6) is 11.5 Å². The Morgan fingerprint density at radius 1 is 1.21 bits per heavy atom. The van der Waals surface area contributed by atoms with Crippen molar-refractivity contribution in [3.63, 3.8) is 0 Å². The lowest BCUT2D eigenvalue weighted by Crippen LogP contribution is -2.48. The number of nitrogens with zero attached hydrogens (tertiary/aromatic N) is 1. The molecule has 9 nitrogen and oxygen atoms in total. The predicted molar refractivity (Wildman–Crippen MR) is 112 cm³/mol. The average molecular weight is 531 g/mol. The van der Waals surface area contributed by atoms with E-state index in [0.717, 1.165) is 10.0 Å². The first-order valence-corrected chi connectivity index (χ1v) is 9.85. The quantitative estimate of drug-likeness (QED) is 0.418. The summed E-state index contributed by atoms with van der Waals surface area (Å²) in [6, 6.07) is 9.30. The van der Waals surface area contributed by atoms with Crippen LogP contribution in [0, 0.1) is 17.0 Å². The van der Waals surface area contributed by atoms with Gasteiger partial charge in [-0.3, -0.25) is 30.6 Å². The van der Waals surface area contributed by atoms with Crippen molar-refractivity contribution in [2.24, 2.45) is 0 Å². The Morgan fingerprint density at radius 3 is 2.55 bits per heavy atom. The van der Waals surface area contributed by atoms with E-state index in [1.165, 1.54) is 25.1 Å². The topological polar surface area (TPSA) is 120 Å². The molecule has 0 aromatic heterocycles. The van der Waals surface area contributed by atoms with Crippen molar-refractivity contribution in [3.8, 4) is 11.5 Å². The van der Waals surface area contributed by atoms with E-state index in [1.807, 2.05) is 13.0 Å². The lowest BCUT2D eigenvalue weighted by molar-refractivity contribution is -0.386. The molecule has 1 unspecified atom stereocenters. The highest BCUT2D eigenvalue weighted by Gasteiger charge is 2.21. The molecule has 0 aliphatic rings. The second-order valence-electron chi connectivity index (χ2n) is 5.84. The number of rotatable bonds is 7. The van der Waals surface area contributed by atoms with Gasteiger partial charge in [-0.2, -0.15) is 0 Å². The Kier molecular flexibility index (Phi) is 7.97. The number of hydrogen-bond donors (Lipinski definition) is 2. The Bertz CT molecular complexity index is 915. The smallest absolute Gasteiger partial charge is 0.310 e. The largest absolute Gasteiger partial charge is 0.482 e. The molecule has 0 bridgehead atoms. The molecule has 0 aliphatic carbocycles. The molecular formula is C18H17Br2N3O6. The summed E-state index contributed by atoms with van der Waals surface area (Å²) in [5, 5.41) is 11.0. The Balaban J connectivity index is 1.86. The molecule has 2 amide bonds. The number of nitro benzene ring substituents is 1. The minimum atomic E-state index is -1.08. The summed E-state index contributed by atoms with van der Waals surface area (Å²) in [6.07, 6.45) is -1.08.